The molecule has 0 saturated carbocycles. The van der Waals surface area contributed by atoms with Crippen molar-refractivity contribution in [2.24, 2.45) is 0 Å². The first-order valence-electron chi connectivity index (χ1n) is 10.8. The molecule has 1 aromatic carbocycles. The van der Waals surface area contributed by atoms with E-state index in [2.05, 4.69) is 32.8 Å². The van der Waals surface area contributed by atoms with Crippen molar-refractivity contribution in [1.82, 2.24) is 20.8 Å². The Hall–Kier alpha value is -3.13. The summed E-state index contributed by atoms with van der Waals surface area (Å²) in [7, 11) is 3.63. The molecule has 2 aliphatic heterocycles. The van der Waals surface area contributed by atoms with E-state index in [1.165, 1.54) is 25.3 Å². The lowest BCUT2D eigenvalue weighted by Gasteiger charge is -2.43. The van der Waals surface area contributed by atoms with Crippen LogP contribution in [-0.4, -0.2) is 53.4 Å². The van der Waals surface area contributed by atoms with E-state index in [1.807, 2.05) is 12.1 Å². The number of carbonyl (C=O) groups is 1. The molecule has 8 heteroatoms. The Labute approximate surface area is 180 Å². The summed E-state index contributed by atoms with van der Waals surface area (Å²) in [5.41, 5.74) is 1.57. The third kappa shape index (κ3) is 3.72. The predicted molar refractivity (Wildman–Crippen MR) is 118 cm³/mol. The standard InChI is InChI=1S/C23H27N5O3/c1-24-23(30)21-9-13-8-17(19(29)12-20(13)31-21)18-6-7-22(27-26-18)28(2)16-10-14-4-3-5-15(11-16)25-14/h6-9,12,14-16,25,29H,3-5,10-11H2,1-2H3,(H,24,30). The molecule has 2 aliphatic rings. The van der Waals surface area contributed by atoms with Crippen LogP contribution in [0.4, 0.5) is 5.82 Å². The van der Waals surface area contributed by atoms with Crippen LogP contribution in [0.15, 0.2) is 34.7 Å². The highest BCUT2D eigenvalue weighted by molar-refractivity contribution is 5.97. The molecule has 1 amide bonds. The average molecular weight is 422 g/mol. The summed E-state index contributed by atoms with van der Waals surface area (Å²) >= 11 is 0. The van der Waals surface area contributed by atoms with E-state index in [0.29, 0.717) is 35.0 Å². The van der Waals surface area contributed by atoms with Gasteiger partial charge in [-0.25, -0.2) is 0 Å². The molecule has 2 aromatic heterocycles. The first kappa shape index (κ1) is 19.8. The average Bonchev–Trinajstić information content (AvgIpc) is 3.20. The molecule has 4 heterocycles. The maximum Gasteiger partial charge on any atom is 0.286 e. The molecule has 3 aromatic rings. The number of aromatic nitrogens is 2. The number of hydrogen-bond donors (Lipinski definition) is 3. The van der Waals surface area contributed by atoms with E-state index in [-0.39, 0.29) is 17.4 Å². The molecule has 2 saturated heterocycles. The number of piperidine rings is 2. The molecule has 2 bridgehead atoms. The number of nitrogens with zero attached hydrogens (tertiary/aromatic N) is 3. The van der Waals surface area contributed by atoms with Crippen molar-refractivity contribution in [3.05, 3.63) is 36.1 Å². The Morgan fingerprint density at radius 1 is 1.19 bits per heavy atom. The van der Waals surface area contributed by atoms with Gasteiger partial charge in [0.05, 0.1) is 5.69 Å². The summed E-state index contributed by atoms with van der Waals surface area (Å²) in [4.78, 5) is 14.1. The number of aromatic hydroxyl groups is 1. The molecule has 5 rings (SSSR count). The predicted octanol–water partition coefficient (Wildman–Crippen LogP) is 3.06. The minimum absolute atomic E-state index is 0.0342. The fourth-order valence-corrected chi connectivity index (χ4v) is 4.91. The van der Waals surface area contributed by atoms with Crippen molar-refractivity contribution in [2.45, 2.75) is 50.2 Å². The Balaban J connectivity index is 1.38. The lowest BCUT2D eigenvalue weighted by atomic mass is 9.83. The molecule has 2 fully saturated rings. The molecule has 162 valence electrons. The number of hydrogen-bond acceptors (Lipinski definition) is 7. The van der Waals surface area contributed by atoms with Gasteiger partial charge in [0.25, 0.3) is 5.91 Å². The number of benzene rings is 1. The maximum absolute atomic E-state index is 11.8. The molecule has 0 radical (unpaired) electrons. The van der Waals surface area contributed by atoms with Gasteiger partial charge in [-0.15, -0.1) is 10.2 Å². The number of rotatable bonds is 4. The number of furan rings is 1. The summed E-state index contributed by atoms with van der Waals surface area (Å²) in [6.45, 7) is 0. The summed E-state index contributed by atoms with van der Waals surface area (Å²) in [6.07, 6.45) is 6.08. The van der Waals surface area contributed by atoms with Crippen LogP contribution in [0.25, 0.3) is 22.2 Å². The van der Waals surface area contributed by atoms with Crippen LogP contribution in [0.3, 0.4) is 0 Å². The number of carbonyl (C=O) groups excluding carboxylic acids is 1. The fourth-order valence-electron chi connectivity index (χ4n) is 4.91. The first-order chi connectivity index (χ1) is 15.0. The van der Waals surface area contributed by atoms with Crippen molar-refractivity contribution in [3.63, 3.8) is 0 Å². The number of amides is 1. The van der Waals surface area contributed by atoms with Crippen LogP contribution >= 0.6 is 0 Å². The highest BCUT2D eigenvalue weighted by atomic mass is 16.3. The minimum atomic E-state index is -0.313. The van der Waals surface area contributed by atoms with Crippen molar-refractivity contribution in [3.8, 4) is 17.0 Å². The second kappa shape index (κ2) is 7.85. The lowest BCUT2D eigenvalue weighted by Crippen LogP contribution is -2.54. The van der Waals surface area contributed by atoms with E-state index in [9.17, 15) is 9.90 Å². The molecule has 2 unspecified atom stereocenters. The van der Waals surface area contributed by atoms with Crippen LogP contribution in [0.2, 0.25) is 0 Å². The Kier molecular flexibility index (Phi) is 5.02. The van der Waals surface area contributed by atoms with Gasteiger partial charge >= 0.3 is 0 Å². The van der Waals surface area contributed by atoms with E-state index in [0.717, 1.165) is 24.0 Å². The summed E-state index contributed by atoms with van der Waals surface area (Å²) < 4.78 is 5.52. The molecular weight excluding hydrogens is 394 g/mol. The summed E-state index contributed by atoms with van der Waals surface area (Å²) in [5.74, 6) is 0.752. The monoisotopic (exact) mass is 421 g/mol. The zero-order chi connectivity index (χ0) is 21.5. The molecule has 0 aliphatic carbocycles. The van der Waals surface area contributed by atoms with Crippen LogP contribution < -0.4 is 15.5 Å². The zero-order valence-corrected chi connectivity index (χ0v) is 17.8. The van der Waals surface area contributed by atoms with Crippen molar-refractivity contribution in [1.29, 1.82) is 0 Å². The quantitative estimate of drug-likeness (QED) is 0.595. The van der Waals surface area contributed by atoms with Crippen LogP contribution in [0.1, 0.15) is 42.7 Å². The van der Waals surface area contributed by atoms with Crippen molar-refractivity contribution in [2.75, 3.05) is 19.0 Å². The number of phenols is 1. The van der Waals surface area contributed by atoms with Gasteiger partial charge in [-0.3, -0.25) is 4.79 Å². The number of anilines is 1. The third-order valence-corrected chi connectivity index (χ3v) is 6.61. The molecule has 2 atom stereocenters. The van der Waals surface area contributed by atoms with E-state index >= 15 is 0 Å². The van der Waals surface area contributed by atoms with E-state index < -0.39 is 0 Å². The lowest BCUT2D eigenvalue weighted by molar-refractivity contribution is 0.0938. The van der Waals surface area contributed by atoms with Crippen LogP contribution in [0.5, 0.6) is 5.75 Å². The number of fused-ring (bicyclic) bond motifs is 3. The molecular formula is C23H27N5O3. The Morgan fingerprint density at radius 2 is 1.97 bits per heavy atom. The SMILES string of the molecule is CNC(=O)c1cc2cc(-c3ccc(N(C)C4CC5CCCC(C4)N5)nn3)c(O)cc2o1. The van der Waals surface area contributed by atoms with Gasteiger partial charge in [0.1, 0.15) is 11.3 Å². The smallest absolute Gasteiger partial charge is 0.286 e. The minimum Gasteiger partial charge on any atom is -0.507 e. The van der Waals surface area contributed by atoms with Gasteiger partial charge < -0.3 is 25.1 Å². The van der Waals surface area contributed by atoms with Gasteiger partial charge in [0.15, 0.2) is 11.6 Å². The third-order valence-electron chi connectivity index (χ3n) is 6.61. The Morgan fingerprint density at radius 3 is 2.65 bits per heavy atom. The van der Waals surface area contributed by atoms with Crippen molar-refractivity contribution < 1.29 is 14.3 Å². The second-order valence-corrected chi connectivity index (χ2v) is 8.60. The highest BCUT2D eigenvalue weighted by Gasteiger charge is 2.33. The highest BCUT2D eigenvalue weighted by Crippen LogP contribution is 2.35. The molecule has 3 N–H and O–H groups in total. The molecule has 31 heavy (non-hydrogen) atoms. The van der Waals surface area contributed by atoms with Gasteiger partial charge in [0.2, 0.25) is 0 Å². The molecule has 0 spiro atoms. The largest absolute Gasteiger partial charge is 0.507 e. The van der Waals surface area contributed by atoms with Gasteiger partial charge in [0, 0.05) is 49.2 Å². The summed E-state index contributed by atoms with van der Waals surface area (Å²) in [6, 6.07) is 10.4. The van der Waals surface area contributed by atoms with Gasteiger partial charge in [-0.2, -0.15) is 0 Å². The van der Waals surface area contributed by atoms with E-state index in [1.54, 1.807) is 19.2 Å². The first-order valence-corrected chi connectivity index (χ1v) is 10.8. The fraction of sp³-hybridized carbons (Fsp3) is 0.435. The zero-order valence-electron chi connectivity index (χ0n) is 17.8. The van der Waals surface area contributed by atoms with Crippen LogP contribution in [-0.2, 0) is 0 Å². The number of nitrogens with one attached hydrogen (secondary N) is 2. The van der Waals surface area contributed by atoms with E-state index in [4.69, 9.17) is 4.42 Å². The topological polar surface area (TPSA) is 104 Å². The number of phenolic OH excluding ortho intramolecular Hbond substituents is 1. The normalized spacial score (nSPS) is 23.0. The Bertz CT molecular complexity index is 1100. The molecule has 8 nitrogen and oxygen atoms in total. The van der Waals surface area contributed by atoms with Gasteiger partial charge in [-0.1, -0.05) is 6.42 Å². The van der Waals surface area contributed by atoms with Gasteiger partial charge in [-0.05, 0) is 49.9 Å². The maximum atomic E-state index is 11.8. The summed E-state index contributed by atoms with van der Waals surface area (Å²) in [5, 5.41) is 26.3. The van der Waals surface area contributed by atoms with Crippen LogP contribution in [0, 0.1) is 0 Å². The second-order valence-electron chi connectivity index (χ2n) is 8.60. The van der Waals surface area contributed by atoms with Crippen molar-refractivity contribution >= 4 is 22.7 Å².